The lowest BCUT2D eigenvalue weighted by Crippen LogP contribution is -2.44. The number of alkyl halides is 1. The van der Waals surface area contributed by atoms with Crippen LogP contribution in [0, 0.1) is 12.7 Å². The molecular formula is C21H23ClF2N2O. The molecule has 27 heavy (non-hydrogen) atoms. The van der Waals surface area contributed by atoms with Gasteiger partial charge < -0.3 is 4.90 Å². The zero-order valence-electron chi connectivity index (χ0n) is 23.2. The minimum absolute atomic E-state index is 0.104. The topological polar surface area (TPSA) is 33.2 Å². The largest absolute Gasteiger partial charge is 0.338 e. The van der Waals surface area contributed by atoms with Gasteiger partial charge in [0.15, 0.2) is 0 Å². The van der Waals surface area contributed by atoms with Crippen LogP contribution in [0.25, 0.3) is 0 Å². The maximum atomic E-state index is 16.0. The first kappa shape index (κ1) is 11.1. The van der Waals surface area contributed by atoms with E-state index in [-0.39, 0.29) is 21.8 Å². The molecule has 1 unspecified atom stereocenters. The number of rotatable bonds is 5. The number of piperidine rings is 1. The van der Waals surface area contributed by atoms with Crippen molar-refractivity contribution in [3.05, 3.63) is 64.2 Å². The van der Waals surface area contributed by atoms with Crippen LogP contribution in [-0.4, -0.2) is 34.5 Å². The lowest BCUT2D eigenvalue weighted by atomic mass is 9.87. The second-order valence-corrected chi connectivity index (χ2v) is 6.55. The van der Waals surface area contributed by atoms with E-state index in [2.05, 4.69) is 4.98 Å². The highest BCUT2D eigenvalue weighted by Gasteiger charge is 2.35. The number of nitrogens with zero attached hydrogens (tertiary/aromatic N) is 2. The first-order valence-corrected chi connectivity index (χ1v) is 8.64. The van der Waals surface area contributed by atoms with E-state index in [4.69, 9.17) is 23.9 Å². The molecule has 2 heterocycles. The van der Waals surface area contributed by atoms with E-state index in [0.29, 0.717) is 4.90 Å². The third kappa shape index (κ3) is 5.04. The number of carbonyl (C=O) groups is 1. The molecule has 1 saturated heterocycles. The van der Waals surface area contributed by atoms with Gasteiger partial charge in [-0.05, 0) is 68.7 Å². The number of benzene rings is 1. The highest BCUT2D eigenvalue weighted by Crippen LogP contribution is 2.32. The van der Waals surface area contributed by atoms with Gasteiger partial charge in [-0.15, -0.1) is 0 Å². The molecule has 1 aliphatic heterocycles. The van der Waals surface area contributed by atoms with Crippen LogP contribution in [0.15, 0.2) is 36.5 Å². The lowest BCUT2D eigenvalue weighted by Gasteiger charge is -2.36. The molecule has 0 bridgehead atoms. The summed E-state index contributed by atoms with van der Waals surface area (Å²) in [5, 5.41) is -0.385. The van der Waals surface area contributed by atoms with Crippen molar-refractivity contribution >= 4 is 17.5 Å². The standard InChI is InChI=1S/C21H23ClF2N2O/c1-15-4-6-17(25-14-15)3-2-8-21(24)9-11-26(12-10-21)20(27)16-5-7-19(23)18(22)13-16/h4-7,13-14H,2-3,8-12H2,1H3/i1D3,3D2,9D2,11D2. The van der Waals surface area contributed by atoms with Gasteiger partial charge in [0.1, 0.15) is 11.5 Å². The van der Waals surface area contributed by atoms with Crippen LogP contribution in [0.5, 0.6) is 0 Å². The molecule has 0 aliphatic carbocycles. The summed E-state index contributed by atoms with van der Waals surface area (Å²) in [6.45, 7) is -6.09. The van der Waals surface area contributed by atoms with Gasteiger partial charge in [-0.1, -0.05) is 17.7 Å². The zero-order chi connectivity index (χ0) is 27.3. The Morgan fingerprint density at radius 2 is 2.33 bits per heavy atom. The molecule has 1 fully saturated rings. The molecule has 2 aromatic rings. The van der Waals surface area contributed by atoms with Crippen molar-refractivity contribution in [3.63, 3.8) is 0 Å². The average Bonchev–Trinajstić information content (AvgIpc) is 2.78. The zero-order valence-corrected chi connectivity index (χ0v) is 15.0. The molecule has 1 amide bonds. The second-order valence-electron chi connectivity index (χ2n) is 6.15. The van der Waals surface area contributed by atoms with Crippen LogP contribution in [-0.2, 0) is 6.37 Å². The van der Waals surface area contributed by atoms with Gasteiger partial charge in [0.05, 0.1) is 5.02 Å². The molecule has 6 heteroatoms. The molecule has 144 valence electrons. The molecule has 1 atom stereocenters. The van der Waals surface area contributed by atoms with Gasteiger partial charge in [0.25, 0.3) is 5.91 Å². The van der Waals surface area contributed by atoms with E-state index in [1.54, 1.807) is 0 Å². The number of hydrogen-bond donors (Lipinski definition) is 0. The van der Waals surface area contributed by atoms with Crippen molar-refractivity contribution < 1.29 is 25.9 Å². The molecule has 0 N–H and O–H groups in total. The quantitative estimate of drug-likeness (QED) is 0.694. The highest BCUT2D eigenvalue weighted by atomic mass is 35.5. The molecule has 0 radical (unpaired) electrons. The normalized spacial score (nSPS) is 29.6. The molecule has 0 saturated carbocycles. The van der Waals surface area contributed by atoms with E-state index in [1.807, 2.05) is 0 Å². The van der Waals surface area contributed by atoms with E-state index >= 15 is 4.39 Å². The van der Waals surface area contributed by atoms with Crippen LogP contribution in [0.3, 0.4) is 0 Å². The Labute approximate surface area is 176 Å². The third-order valence-electron chi connectivity index (χ3n) is 4.15. The van der Waals surface area contributed by atoms with Crippen LogP contribution in [0.2, 0.25) is 5.02 Å². The average molecular weight is 402 g/mol. The Balaban J connectivity index is 1.81. The van der Waals surface area contributed by atoms with Gasteiger partial charge in [0.2, 0.25) is 0 Å². The Morgan fingerprint density at radius 3 is 3.04 bits per heavy atom. The SMILES string of the molecule is [2H]C([2H])([2H])c1ccc(C([2H])([2H])CCC2(F)CCN(C(=O)c3ccc(F)c(Cl)c3)C([2H])([2H])C2([2H])[2H])nc1. The third-order valence-corrected chi connectivity index (χ3v) is 4.44. The molecule has 3 rings (SSSR count). The molecule has 0 spiro atoms. The van der Waals surface area contributed by atoms with Crippen LogP contribution >= 0.6 is 11.6 Å². The fourth-order valence-electron chi connectivity index (χ4n) is 2.59. The summed E-state index contributed by atoms with van der Waals surface area (Å²) < 4.78 is 101. The van der Waals surface area contributed by atoms with Gasteiger partial charge in [-0.2, -0.15) is 0 Å². The summed E-state index contributed by atoms with van der Waals surface area (Å²) in [4.78, 5) is 17.2. The number of halogens is 3. The molecule has 1 aromatic heterocycles. The fraction of sp³-hybridized carbons (Fsp3) is 0.429. The van der Waals surface area contributed by atoms with Crippen LogP contribution in [0.1, 0.15) is 59.6 Å². The van der Waals surface area contributed by atoms with E-state index in [9.17, 15) is 9.18 Å². The van der Waals surface area contributed by atoms with E-state index in [0.717, 1.165) is 30.5 Å². The number of amides is 1. The summed E-state index contributed by atoms with van der Waals surface area (Å²) >= 11 is 5.69. The number of carbonyl (C=O) groups excluding carboxylic acids is 1. The van der Waals surface area contributed by atoms with Gasteiger partial charge in [0, 0.05) is 42.8 Å². The maximum Gasteiger partial charge on any atom is 0.253 e. The van der Waals surface area contributed by atoms with Crippen LogP contribution < -0.4 is 0 Å². The Bertz CT molecular complexity index is 1150. The van der Waals surface area contributed by atoms with Crippen molar-refractivity contribution in [3.8, 4) is 0 Å². The number of aryl methyl sites for hydroxylation is 2. The first-order chi connectivity index (χ1) is 16.3. The van der Waals surface area contributed by atoms with E-state index < -0.39 is 69.3 Å². The second kappa shape index (κ2) is 8.34. The summed E-state index contributed by atoms with van der Waals surface area (Å²) in [7, 11) is 0. The Kier molecular flexibility index (Phi) is 3.43. The van der Waals surface area contributed by atoms with Crippen molar-refractivity contribution in [2.75, 3.05) is 13.0 Å². The van der Waals surface area contributed by atoms with Crippen molar-refractivity contribution in [1.82, 2.24) is 9.88 Å². The first-order valence-electron chi connectivity index (χ1n) is 12.8. The molecule has 3 nitrogen and oxygen atoms in total. The Hall–Kier alpha value is -2.01. The number of hydrogen-bond acceptors (Lipinski definition) is 2. The van der Waals surface area contributed by atoms with Crippen molar-refractivity contribution in [1.29, 1.82) is 0 Å². The minimum Gasteiger partial charge on any atom is -0.338 e. The van der Waals surface area contributed by atoms with Gasteiger partial charge in [-0.3, -0.25) is 9.78 Å². The number of aromatic nitrogens is 1. The number of pyridine rings is 1. The smallest absolute Gasteiger partial charge is 0.253 e. The van der Waals surface area contributed by atoms with E-state index in [1.165, 1.54) is 6.07 Å². The molecule has 1 aromatic carbocycles. The van der Waals surface area contributed by atoms with Gasteiger partial charge in [-0.25, -0.2) is 8.78 Å². The summed E-state index contributed by atoms with van der Waals surface area (Å²) in [5.41, 5.74) is -3.33. The van der Waals surface area contributed by atoms with Crippen molar-refractivity contribution in [2.24, 2.45) is 0 Å². The maximum absolute atomic E-state index is 16.0. The molecular weight excluding hydrogens is 370 g/mol. The fourth-order valence-corrected chi connectivity index (χ4v) is 2.77. The highest BCUT2D eigenvalue weighted by molar-refractivity contribution is 6.31. The van der Waals surface area contributed by atoms with Crippen LogP contribution in [0.4, 0.5) is 8.78 Å². The van der Waals surface area contributed by atoms with Crippen molar-refractivity contribution in [2.45, 2.75) is 44.5 Å². The summed E-state index contributed by atoms with van der Waals surface area (Å²) in [6.07, 6.45) is -6.46. The summed E-state index contributed by atoms with van der Waals surface area (Å²) in [6, 6.07) is 5.29. The lowest BCUT2D eigenvalue weighted by molar-refractivity contribution is 0.0389. The Morgan fingerprint density at radius 1 is 1.48 bits per heavy atom. The van der Waals surface area contributed by atoms with Gasteiger partial charge >= 0.3 is 0 Å². The minimum atomic E-state index is -3.24. The monoisotopic (exact) mass is 401 g/mol. The molecule has 1 aliphatic rings. The predicted octanol–water partition coefficient (Wildman–Crippen LogP) is 5.15. The summed E-state index contributed by atoms with van der Waals surface area (Å²) in [5.74, 6) is -1.80. The number of likely N-dealkylation sites (tertiary alicyclic amines) is 1. The predicted molar refractivity (Wildman–Crippen MR) is 102 cm³/mol.